The molecule has 1 rings (SSSR count). The van der Waals surface area contributed by atoms with Gasteiger partial charge in [-0.1, -0.05) is 30.3 Å². The molecular formula is C13H21N5O4+2. The second-order valence-corrected chi connectivity index (χ2v) is 4.64. The number of rotatable bonds is 8. The molecule has 0 heterocycles. The zero-order valence-corrected chi connectivity index (χ0v) is 12.2. The highest BCUT2D eigenvalue weighted by Gasteiger charge is 2.18. The zero-order chi connectivity index (χ0) is 16.4. The first-order chi connectivity index (χ1) is 10.5. The third-order valence-corrected chi connectivity index (χ3v) is 2.81. The van der Waals surface area contributed by atoms with Crippen molar-refractivity contribution in [1.29, 1.82) is 0 Å². The van der Waals surface area contributed by atoms with Gasteiger partial charge < -0.3 is 10.5 Å². The molecule has 0 saturated carbocycles. The average molecular weight is 311 g/mol. The molecule has 0 spiro atoms. The summed E-state index contributed by atoms with van der Waals surface area (Å²) in [5.41, 5.74) is 11.8. The third-order valence-electron chi connectivity index (χ3n) is 2.81. The lowest BCUT2D eigenvalue weighted by molar-refractivity contribution is -0.547. The summed E-state index contributed by atoms with van der Waals surface area (Å²) in [6.07, 6.45) is 1.07. The Labute approximate surface area is 127 Å². The minimum absolute atomic E-state index is 0.141. The van der Waals surface area contributed by atoms with E-state index in [1.807, 2.05) is 30.3 Å². The van der Waals surface area contributed by atoms with Crippen molar-refractivity contribution in [3.8, 4) is 0 Å². The Morgan fingerprint density at radius 1 is 1.45 bits per heavy atom. The maximum atomic E-state index is 11.8. The standard InChI is InChI=1S/C13H19N5O4/c14-11(7-4-8-16-13(15)17-18(20)21)12(19)22-9-10-5-2-1-3-6-10/h1-3,5-6,11H,4,7-9,14H2,(H3,15,16,17)/p+2/t11-/m0/s1. The fraction of sp³-hybridized carbons (Fsp3) is 0.385. The van der Waals surface area contributed by atoms with E-state index >= 15 is 0 Å². The van der Waals surface area contributed by atoms with E-state index in [0.717, 1.165) is 5.56 Å². The summed E-state index contributed by atoms with van der Waals surface area (Å²) in [5.74, 6) is -0.513. The summed E-state index contributed by atoms with van der Waals surface area (Å²) in [6.45, 7) is 0.613. The first-order valence-corrected chi connectivity index (χ1v) is 6.80. The Morgan fingerprint density at radius 2 is 2.14 bits per heavy atom. The van der Waals surface area contributed by atoms with Gasteiger partial charge in [-0.05, 0) is 12.0 Å². The molecule has 1 atom stereocenters. The second kappa shape index (κ2) is 9.29. The fourth-order valence-electron chi connectivity index (χ4n) is 1.67. The molecule has 0 aliphatic rings. The molecule has 0 aliphatic heterocycles. The van der Waals surface area contributed by atoms with Crippen molar-refractivity contribution in [2.45, 2.75) is 25.5 Å². The van der Waals surface area contributed by atoms with E-state index in [2.05, 4.69) is 10.7 Å². The van der Waals surface area contributed by atoms with Crippen LogP contribution < -0.4 is 21.9 Å². The van der Waals surface area contributed by atoms with Crippen LogP contribution in [0.4, 0.5) is 0 Å². The van der Waals surface area contributed by atoms with E-state index in [1.165, 1.54) is 0 Å². The quantitative estimate of drug-likeness (QED) is 0.102. The van der Waals surface area contributed by atoms with Crippen molar-refractivity contribution < 1.29 is 25.3 Å². The molecule has 0 radical (unpaired) electrons. The fourth-order valence-corrected chi connectivity index (χ4v) is 1.67. The molecule has 120 valence electrons. The van der Waals surface area contributed by atoms with Gasteiger partial charge >= 0.3 is 11.9 Å². The maximum Gasteiger partial charge on any atom is 0.403 e. The van der Waals surface area contributed by atoms with Crippen LogP contribution in [0.1, 0.15) is 18.4 Å². The van der Waals surface area contributed by atoms with E-state index in [-0.39, 0.29) is 18.5 Å². The molecule has 0 aromatic heterocycles. The Hall–Kier alpha value is -2.68. The second-order valence-electron chi connectivity index (χ2n) is 4.64. The smallest absolute Gasteiger partial charge is 0.403 e. The summed E-state index contributed by atoms with van der Waals surface area (Å²) >= 11 is 0. The van der Waals surface area contributed by atoms with Gasteiger partial charge in [0, 0.05) is 11.8 Å². The van der Waals surface area contributed by atoms with Crippen molar-refractivity contribution in [2.75, 3.05) is 6.54 Å². The van der Waals surface area contributed by atoms with Crippen molar-refractivity contribution >= 4 is 11.9 Å². The summed E-state index contributed by atoms with van der Waals surface area (Å²) in [4.78, 5) is 24.5. The zero-order valence-electron chi connectivity index (χ0n) is 12.2. The number of hydrogen-bond donors (Lipinski definition) is 4. The maximum absolute atomic E-state index is 11.8. The van der Waals surface area contributed by atoms with E-state index in [4.69, 9.17) is 10.5 Å². The van der Waals surface area contributed by atoms with E-state index < -0.39 is 11.1 Å². The average Bonchev–Trinajstić information content (AvgIpc) is 2.49. The van der Waals surface area contributed by atoms with Crippen LogP contribution in [0, 0.1) is 10.1 Å². The van der Waals surface area contributed by atoms with E-state index in [1.54, 1.807) is 5.43 Å². The van der Waals surface area contributed by atoms with Crippen LogP contribution in [0.15, 0.2) is 30.3 Å². The predicted molar refractivity (Wildman–Crippen MR) is 77.3 cm³/mol. The molecular weight excluding hydrogens is 290 g/mol. The highest BCUT2D eigenvalue weighted by atomic mass is 16.7. The molecule has 9 nitrogen and oxygen atoms in total. The monoisotopic (exact) mass is 311 g/mol. The number of benzene rings is 1. The molecule has 0 amide bonds. The molecule has 0 bridgehead atoms. The Bertz CT molecular complexity index is 520. The molecule has 1 aromatic carbocycles. The highest BCUT2D eigenvalue weighted by molar-refractivity contribution is 5.73. The molecule has 0 unspecified atom stereocenters. The molecule has 22 heavy (non-hydrogen) atoms. The van der Waals surface area contributed by atoms with E-state index in [0.29, 0.717) is 19.4 Å². The lowest BCUT2D eigenvalue weighted by Gasteiger charge is -2.08. The van der Waals surface area contributed by atoms with Gasteiger partial charge in [-0.15, -0.1) is 0 Å². The van der Waals surface area contributed by atoms with Gasteiger partial charge in [0.15, 0.2) is 6.04 Å². The molecule has 1 aromatic rings. The topological polar surface area (TPSA) is 149 Å². The van der Waals surface area contributed by atoms with Crippen LogP contribution in [0.5, 0.6) is 0 Å². The number of esters is 1. The lowest BCUT2D eigenvalue weighted by atomic mass is 10.1. The summed E-state index contributed by atoms with van der Waals surface area (Å²) in [6, 6.07) is 8.88. The van der Waals surface area contributed by atoms with Crippen LogP contribution in [-0.2, 0) is 16.1 Å². The number of nitrogens with zero attached hydrogens (tertiary/aromatic N) is 1. The number of ether oxygens (including phenoxy) is 1. The van der Waals surface area contributed by atoms with Gasteiger partial charge in [0.05, 0.1) is 6.54 Å². The van der Waals surface area contributed by atoms with Crippen molar-refractivity contribution in [3.63, 3.8) is 0 Å². The largest absolute Gasteiger partial charge is 0.456 e. The number of hydrazine groups is 1. The molecule has 0 aliphatic carbocycles. The van der Waals surface area contributed by atoms with Crippen LogP contribution in [-0.4, -0.2) is 29.5 Å². The third kappa shape index (κ3) is 7.20. The molecule has 0 saturated heterocycles. The first kappa shape index (κ1) is 17.4. The first-order valence-electron chi connectivity index (χ1n) is 6.80. The van der Waals surface area contributed by atoms with Crippen molar-refractivity contribution in [2.24, 2.45) is 5.73 Å². The number of carbonyl (C=O) groups excluding carboxylic acids is 1. The van der Waals surface area contributed by atoms with Crippen LogP contribution in [0.2, 0.25) is 0 Å². The minimum atomic E-state index is -0.756. The number of guanidine groups is 1. The van der Waals surface area contributed by atoms with Crippen LogP contribution in [0.25, 0.3) is 0 Å². The van der Waals surface area contributed by atoms with Crippen molar-refractivity contribution in [3.05, 3.63) is 46.0 Å². The lowest BCUT2D eigenvalue weighted by Crippen LogP contribution is -2.79. The normalized spacial score (nSPS) is 12.5. The predicted octanol–water partition coefficient (Wildman–Crippen LogP) is -2.70. The minimum Gasteiger partial charge on any atom is -0.456 e. The highest BCUT2D eigenvalue weighted by Crippen LogP contribution is 2.02. The van der Waals surface area contributed by atoms with Gasteiger partial charge in [0.1, 0.15) is 6.61 Å². The Balaban J connectivity index is 2.23. The Kier molecular flexibility index (Phi) is 7.34. The van der Waals surface area contributed by atoms with Gasteiger partial charge in [0.2, 0.25) is 5.03 Å². The van der Waals surface area contributed by atoms with Gasteiger partial charge in [0.25, 0.3) is 0 Å². The number of quaternary nitrogens is 1. The number of nitro groups is 1. The van der Waals surface area contributed by atoms with E-state index in [9.17, 15) is 14.9 Å². The number of nitrogens with two attached hydrogens (primary N) is 1. The summed E-state index contributed by atoms with van der Waals surface area (Å²) < 4.78 is 5.17. The number of carbonyl (C=O) groups is 1. The van der Waals surface area contributed by atoms with Gasteiger partial charge in [-0.25, -0.2) is 14.9 Å². The Morgan fingerprint density at radius 3 is 2.77 bits per heavy atom. The number of nitrogens with one attached hydrogen (secondary N) is 2. The van der Waals surface area contributed by atoms with Crippen LogP contribution in [0.3, 0.4) is 0 Å². The van der Waals surface area contributed by atoms with Crippen molar-refractivity contribution in [1.82, 2.24) is 5.43 Å². The molecule has 7 N–H and O–H groups in total. The molecule has 9 heteroatoms. The summed E-state index contributed by atoms with van der Waals surface area (Å²) in [5, 5.41) is 9.35. The molecule has 0 fully saturated rings. The van der Waals surface area contributed by atoms with Crippen LogP contribution >= 0.6 is 0 Å². The summed E-state index contributed by atoms with van der Waals surface area (Å²) in [7, 11) is 0. The SMILES string of the molecule is NC(N[N+](=O)[O-])=[NH+]CCC[C@H]([NH3+])C(=O)OCc1ccccc1. The van der Waals surface area contributed by atoms with Gasteiger partial charge in [-0.2, -0.15) is 0 Å². The number of hydrogen-bond acceptors (Lipinski definition) is 4. The van der Waals surface area contributed by atoms with Gasteiger partial charge in [-0.3, -0.25) is 10.7 Å².